The van der Waals surface area contributed by atoms with Crippen LogP contribution in [-0.2, 0) is 4.74 Å². The van der Waals surface area contributed by atoms with Crippen LogP contribution in [0.3, 0.4) is 0 Å². The number of benzene rings is 1. The van der Waals surface area contributed by atoms with Gasteiger partial charge in [0.05, 0.1) is 12.2 Å². The summed E-state index contributed by atoms with van der Waals surface area (Å²) < 4.78 is 24.6. The quantitative estimate of drug-likeness (QED) is 0.481. The molecule has 8 nitrogen and oxygen atoms in total. The number of aromatic nitrogens is 1. The molecule has 2 heterocycles. The van der Waals surface area contributed by atoms with Crippen LogP contribution in [-0.4, -0.2) is 54.6 Å². The average molecular weight is 602 g/mol. The van der Waals surface area contributed by atoms with Gasteiger partial charge in [0.2, 0.25) is 0 Å². The van der Waals surface area contributed by atoms with E-state index in [2.05, 4.69) is 10.3 Å². The van der Waals surface area contributed by atoms with E-state index in [0.29, 0.717) is 11.5 Å². The summed E-state index contributed by atoms with van der Waals surface area (Å²) in [5.74, 6) is -0.0599. The van der Waals surface area contributed by atoms with Crippen molar-refractivity contribution in [2.24, 2.45) is 0 Å². The first-order chi connectivity index (χ1) is 13.1. The van der Waals surface area contributed by atoms with Gasteiger partial charge in [-0.2, -0.15) is 0 Å². The molecule has 0 bridgehead atoms. The van der Waals surface area contributed by atoms with Gasteiger partial charge in [-0.1, -0.05) is 6.07 Å². The molecule has 0 spiro atoms. The van der Waals surface area contributed by atoms with Crippen LogP contribution in [0.5, 0.6) is 5.75 Å². The summed E-state index contributed by atoms with van der Waals surface area (Å²) in [5, 5.41) is 12.9. The smallest absolute Gasteiger partial charge is 0.414 e. The first-order valence-electron chi connectivity index (χ1n) is 8.45. The van der Waals surface area contributed by atoms with Crippen LogP contribution < -0.4 is 15.0 Å². The number of carbonyl (C=O) groups excluding carboxylic acids is 1. The second-order valence-electron chi connectivity index (χ2n) is 6.00. The minimum absolute atomic E-state index is 0. The first kappa shape index (κ1) is 22.8. The number of nitrogens with one attached hydrogen (secondary N) is 2. The van der Waals surface area contributed by atoms with Gasteiger partial charge in [0.25, 0.3) is 0 Å². The Balaban J connectivity index is 0.00000280. The molecule has 3 rings (SSSR count). The molecule has 1 aliphatic rings. The molecular formula is C18H20AcFN4O4-. The fraction of sp³-hybridized carbons (Fsp3) is 0.333. The third kappa shape index (κ3) is 6.01. The van der Waals surface area contributed by atoms with Crippen molar-refractivity contribution in [1.82, 2.24) is 4.98 Å². The van der Waals surface area contributed by atoms with Crippen molar-refractivity contribution in [3.63, 3.8) is 0 Å². The van der Waals surface area contributed by atoms with Crippen LogP contribution in [0.25, 0.3) is 5.73 Å². The number of pyridine rings is 1. The van der Waals surface area contributed by atoms with Crippen LogP contribution in [0.15, 0.2) is 42.6 Å². The number of halogens is 1. The van der Waals surface area contributed by atoms with Gasteiger partial charge in [0.1, 0.15) is 24.6 Å². The number of carbonyl (C=O) groups is 1. The van der Waals surface area contributed by atoms with Crippen molar-refractivity contribution in [3.8, 4) is 5.75 Å². The Hall–Kier alpha value is -1.47. The van der Waals surface area contributed by atoms with Gasteiger partial charge in [0, 0.05) is 62.9 Å². The number of aliphatic hydroxyl groups excluding tert-OH is 1. The Morgan fingerprint density at radius 3 is 2.89 bits per heavy atom. The van der Waals surface area contributed by atoms with Crippen LogP contribution >= 0.6 is 0 Å². The fourth-order valence-corrected chi connectivity index (χ4v) is 2.55. The Bertz CT molecular complexity index is 783. The Morgan fingerprint density at radius 2 is 2.25 bits per heavy atom. The van der Waals surface area contributed by atoms with Crippen molar-refractivity contribution < 1.29 is 67.8 Å². The van der Waals surface area contributed by atoms with Crippen molar-refractivity contribution in [2.45, 2.75) is 12.2 Å². The zero-order chi connectivity index (χ0) is 19.2. The summed E-state index contributed by atoms with van der Waals surface area (Å²) >= 11 is 0. The molecule has 1 aromatic carbocycles. The molecule has 28 heavy (non-hydrogen) atoms. The van der Waals surface area contributed by atoms with Gasteiger partial charge >= 0.3 is 6.09 Å². The van der Waals surface area contributed by atoms with Crippen LogP contribution in [0.2, 0.25) is 0 Å². The molecule has 3 N–H and O–H groups in total. The van der Waals surface area contributed by atoms with E-state index in [9.17, 15) is 14.3 Å². The minimum Gasteiger partial charge on any atom is -0.674 e. The Kier molecular flexibility index (Phi) is 8.89. The molecule has 1 unspecified atom stereocenters. The topological polar surface area (TPSA) is 108 Å². The summed E-state index contributed by atoms with van der Waals surface area (Å²) in [7, 11) is 0. The predicted octanol–water partition coefficient (Wildman–Crippen LogP) is 2.45. The largest absolute Gasteiger partial charge is 0.674 e. The van der Waals surface area contributed by atoms with E-state index in [0.717, 1.165) is 0 Å². The van der Waals surface area contributed by atoms with Crippen molar-refractivity contribution in [3.05, 3.63) is 54.1 Å². The van der Waals surface area contributed by atoms with Crippen LogP contribution in [0, 0.1) is 49.9 Å². The number of hydrogen-bond acceptors (Lipinski definition) is 6. The molecule has 1 saturated heterocycles. The van der Waals surface area contributed by atoms with Gasteiger partial charge in [0.15, 0.2) is 11.6 Å². The van der Waals surface area contributed by atoms with Gasteiger partial charge in [-0.05, 0) is 24.3 Å². The second-order valence-corrected chi connectivity index (χ2v) is 6.00. The standard InChI is InChI=1S/C18H20FN4O4.Ac/c19-15-7-12(23-10-14(8-20)27-18(23)25)4-5-16(15)26-11-13(24)9-22-17-3-1-2-6-21-17;/h1-7,13-14,20,24H,8-11H2,(H,21,22);/q-1;/t13?,14-;/m0./s1. The number of ether oxygens (including phenoxy) is 2. The van der Waals surface area contributed by atoms with E-state index in [4.69, 9.17) is 15.2 Å². The van der Waals surface area contributed by atoms with E-state index < -0.39 is 24.1 Å². The number of aliphatic hydroxyl groups is 1. The fourth-order valence-electron chi connectivity index (χ4n) is 2.55. The second kappa shape index (κ2) is 10.9. The van der Waals surface area contributed by atoms with Gasteiger partial charge in [-0.15, -0.1) is 6.54 Å². The Morgan fingerprint density at radius 1 is 1.43 bits per heavy atom. The summed E-state index contributed by atoms with van der Waals surface area (Å²) in [6.07, 6.45) is -0.350. The van der Waals surface area contributed by atoms with Crippen molar-refractivity contribution >= 4 is 17.6 Å². The van der Waals surface area contributed by atoms with Crippen molar-refractivity contribution in [2.75, 3.05) is 36.5 Å². The average Bonchev–Trinajstić information content (AvgIpc) is 3.07. The maximum atomic E-state index is 14.3. The van der Waals surface area contributed by atoms with Gasteiger partial charge in [-0.25, -0.2) is 14.2 Å². The molecule has 0 aliphatic carbocycles. The molecule has 2 aromatic rings. The molecule has 1 radical (unpaired) electrons. The van der Waals surface area contributed by atoms with Gasteiger partial charge < -0.3 is 25.6 Å². The first-order valence-corrected chi connectivity index (χ1v) is 8.45. The molecule has 1 amide bonds. The number of rotatable bonds is 8. The van der Waals surface area contributed by atoms with E-state index in [1.807, 2.05) is 6.07 Å². The molecule has 0 saturated carbocycles. The summed E-state index contributed by atoms with van der Waals surface area (Å²) in [5.41, 5.74) is 7.60. The SMILES string of the molecule is [Ac].[NH-]C[C@H]1CN(c2ccc(OCC(O)CNc3ccccn3)c(F)c2)C(=O)O1. The molecule has 2 atom stereocenters. The molecule has 1 aliphatic heterocycles. The van der Waals surface area contributed by atoms with E-state index in [1.165, 1.54) is 23.1 Å². The molecule has 1 aromatic heterocycles. The van der Waals surface area contributed by atoms with Crippen molar-refractivity contribution in [1.29, 1.82) is 0 Å². The molecule has 1 fully saturated rings. The third-order valence-electron chi connectivity index (χ3n) is 3.94. The predicted molar refractivity (Wildman–Crippen MR) is 97.4 cm³/mol. The van der Waals surface area contributed by atoms with Crippen LogP contribution in [0.4, 0.5) is 20.7 Å². The normalized spacial score (nSPS) is 16.9. The number of amides is 1. The van der Waals surface area contributed by atoms with E-state index in [1.54, 1.807) is 18.3 Å². The zero-order valence-corrected chi connectivity index (χ0v) is 19.8. The zero-order valence-electron chi connectivity index (χ0n) is 15.0. The van der Waals surface area contributed by atoms with E-state index in [-0.39, 0.29) is 76.1 Å². The number of anilines is 2. The number of nitrogens with zero attached hydrogens (tertiary/aromatic N) is 2. The third-order valence-corrected chi connectivity index (χ3v) is 3.94. The summed E-state index contributed by atoms with van der Waals surface area (Å²) in [6, 6.07) is 9.46. The Labute approximate surface area is 197 Å². The van der Waals surface area contributed by atoms with Gasteiger partial charge in [-0.3, -0.25) is 4.90 Å². The number of hydrogen-bond donors (Lipinski definition) is 2. The maximum Gasteiger partial charge on any atom is 0.414 e. The molecule has 10 heteroatoms. The maximum absolute atomic E-state index is 14.3. The summed E-state index contributed by atoms with van der Waals surface area (Å²) in [4.78, 5) is 17.1. The monoisotopic (exact) mass is 602 g/mol. The summed E-state index contributed by atoms with van der Waals surface area (Å²) in [6.45, 7) is 0.254. The number of cyclic esters (lactones) is 1. The molecular weight excluding hydrogens is 582 g/mol. The van der Waals surface area contributed by atoms with Crippen LogP contribution in [0.1, 0.15) is 0 Å². The van der Waals surface area contributed by atoms with E-state index >= 15 is 0 Å². The molecule has 147 valence electrons. The minimum atomic E-state index is -0.863.